The smallest absolute Gasteiger partial charge is 2.00 e. The minimum absolute atomic E-state index is 0. The molecule has 0 saturated heterocycles. The van der Waals surface area contributed by atoms with Gasteiger partial charge in [0.2, 0.25) is 0 Å². The molecule has 0 saturated carbocycles. The van der Waals surface area contributed by atoms with Gasteiger partial charge < -0.3 is 27.4 Å². The Morgan fingerprint density at radius 3 is 0.375 bits per heavy atom. The quantitative estimate of drug-likeness (QED) is 0.491. The topological polar surface area (TPSA) is 142 Å². The largest absolute Gasteiger partial charge is 4.00 e. The third-order valence-corrected chi connectivity index (χ3v) is 0. The van der Waals surface area contributed by atoms with Crippen LogP contribution in [0.15, 0.2) is 0 Å². The van der Waals surface area contributed by atoms with Crippen LogP contribution in [0.2, 0.25) is 0 Å². The standard InChI is InChI=1S/2Cr.5O.Ti/q2*+3;5*-2;+4. The number of hydrogen-bond acceptors (Lipinski definition) is 0. The fraction of sp³-hybridized carbons (Fsp3) is 0. The molecule has 0 atom stereocenters. The normalized spacial score (nSPS) is 0. The van der Waals surface area contributed by atoms with Gasteiger partial charge in [0.15, 0.2) is 0 Å². The van der Waals surface area contributed by atoms with Gasteiger partial charge in [0, 0.05) is 0 Å². The molecule has 8 heteroatoms. The maximum Gasteiger partial charge on any atom is 4.00 e. The van der Waals surface area contributed by atoms with Crippen LogP contribution >= 0.6 is 0 Å². The molecule has 0 bridgehead atoms. The van der Waals surface area contributed by atoms with Gasteiger partial charge in [-0.1, -0.05) is 0 Å². The molecular formula is Cr2O5Ti. The van der Waals surface area contributed by atoms with E-state index < -0.39 is 0 Å². The van der Waals surface area contributed by atoms with E-state index in [1.165, 1.54) is 0 Å². The van der Waals surface area contributed by atoms with Gasteiger partial charge in [-0.15, -0.1) is 0 Å². The zero-order valence-electron chi connectivity index (χ0n) is 3.36. The van der Waals surface area contributed by atoms with Crippen molar-refractivity contribution in [3.63, 3.8) is 0 Å². The molecule has 0 rings (SSSR count). The summed E-state index contributed by atoms with van der Waals surface area (Å²) in [5.74, 6) is 0. The Labute approximate surface area is 83.5 Å². The molecule has 0 aromatic heterocycles. The van der Waals surface area contributed by atoms with E-state index in [2.05, 4.69) is 0 Å². The molecule has 0 N–H and O–H groups in total. The van der Waals surface area contributed by atoms with Crippen LogP contribution in [0.1, 0.15) is 0 Å². The molecule has 0 aliphatic rings. The number of rotatable bonds is 0. The zero-order valence-corrected chi connectivity index (χ0v) is 7.47. The fourth-order valence-corrected chi connectivity index (χ4v) is 0. The molecule has 0 aromatic rings. The Morgan fingerprint density at radius 2 is 0.375 bits per heavy atom. The van der Waals surface area contributed by atoms with E-state index in [1.807, 2.05) is 0 Å². The summed E-state index contributed by atoms with van der Waals surface area (Å²) >= 11 is 0. The Bertz CT molecular complexity index is 10.4. The van der Waals surface area contributed by atoms with Crippen molar-refractivity contribution in [2.24, 2.45) is 0 Å². The van der Waals surface area contributed by atoms with Crippen molar-refractivity contribution in [1.82, 2.24) is 0 Å². The van der Waals surface area contributed by atoms with E-state index in [0.717, 1.165) is 0 Å². The molecule has 0 amide bonds. The molecular weight excluding hydrogens is 232 g/mol. The Balaban J connectivity index is 0. The average molecular weight is 232 g/mol. The first kappa shape index (κ1) is 283. The van der Waals surface area contributed by atoms with Crippen molar-refractivity contribution >= 4 is 0 Å². The van der Waals surface area contributed by atoms with Crippen LogP contribution in [0.25, 0.3) is 0 Å². The van der Waals surface area contributed by atoms with Gasteiger partial charge in [0.25, 0.3) is 0 Å². The van der Waals surface area contributed by atoms with Gasteiger partial charge in [-0.3, -0.25) is 0 Å². The minimum Gasteiger partial charge on any atom is -2.00 e. The Morgan fingerprint density at radius 1 is 0.375 bits per heavy atom. The molecule has 0 aromatic carbocycles. The Kier molecular flexibility index (Phi) is 6980. The summed E-state index contributed by atoms with van der Waals surface area (Å²) in [7, 11) is 0. The van der Waals surface area contributed by atoms with E-state index in [4.69, 9.17) is 0 Å². The van der Waals surface area contributed by atoms with Crippen molar-refractivity contribution in [2.45, 2.75) is 0 Å². The molecule has 2 radical (unpaired) electrons. The second-order valence-electron chi connectivity index (χ2n) is 0. The van der Waals surface area contributed by atoms with E-state index in [9.17, 15) is 0 Å². The van der Waals surface area contributed by atoms with Gasteiger partial charge >= 0.3 is 56.4 Å². The van der Waals surface area contributed by atoms with Gasteiger partial charge in [0.05, 0.1) is 0 Å². The van der Waals surface area contributed by atoms with E-state index >= 15 is 0 Å². The second-order valence-corrected chi connectivity index (χ2v) is 0. The zero-order chi connectivity index (χ0) is 0. The van der Waals surface area contributed by atoms with Crippen molar-refractivity contribution in [2.75, 3.05) is 0 Å². The first-order valence-electron chi connectivity index (χ1n) is 0. The van der Waals surface area contributed by atoms with E-state index in [0.29, 0.717) is 0 Å². The van der Waals surface area contributed by atoms with E-state index in [1.54, 1.807) is 0 Å². The van der Waals surface area contributed by atoms with Gasteiger partial charge in [0.1, 0.15) is 0 Å². The van der Waals surface area contributed by atoms with Crippen LogP contribution in [-0.4, -0.2) is 0 Å². The van der Waals surface area contributed by atoms with Crippen LogP contribution in [0.4, 0.5) is 0 Å². The molecule has 46 valence electrons. The SMILES string of the molecule is [Cr+3].[Cr+3].[O-2].[O-2].[O-2].[O-2].[O-2].[Ti+4]. The maximum absolute atomic E-state index is 0. The third-order valence-electron chi connectivity index (χ3n) is 0. The maximum atomic E-state index is 0. The van der Waals surface area contributed by atoms with Gasteiger partial charge in [-0.05, 0) is 0 Å². The minimum atomic E-state index is 0. The number of hydrogen-bond donors (Lipinski definition) is 0. The van der Waals surface area contributed by atoms with Crippen molar-refractivity contribution in [1.29, 1.82) is 0 Å². The average Bonchev–Trinajstić information content (AvgIpc) is 0. The van der Waals surface area contributed by atoms with Gasteiger partial charge in [-0.25, -0.2) is 0 Å². The summed E-state index contributed by atoms with van der Waals surface area (Å²) in [5, 5.41) is 0. The van der Waals surface area contributed by atoms with Crippen LogP contribution < -0.4 is 0 Å². The molecule has 0 fully saturated rings. The van der Waals surface area contributed by atoms with Crippen molar-refractivity contribution in [3.8, 4) is 0 Å². The third kappa shape index (κ3) is 132. The summed E-state index contributed by atoms with van der Waals surface area (Å²) in [4.78, 5) is 0. The molecule has 5 nitrogen and oxygen atoms in total. The second kappa shape index (κ2) is 198. The molecule has 0 spiro atoms. The van der Waals surface area contributed by atoms with Crippen molar-refractivity contribution in [3.05, 3.63) is 0 Å². The first-order chi connectivity index (χ1) is 0. The molecule has 8 heavy (non-hydrogen) atoms. The van der Waals surface area contributed by atoms with Crippen LogP contribution in [-0.2, 0) is 83.8 Å². The fourth-order valence-electron chi connectivity index (χ4n) is 0. The summed E-state index contributed by atoms with van der Waals surface area (Å²) in [5.41, 5.74) is 0. The van der Waals surface area contributed by atoms with Crippen LogP contribution in [0.3, 0.4) is 0 Å². The molecule has 0 aliphatic carbocycles. The molecule has 0 aliphatic heterocycles. The van der Waals surface area contributed by atoms with Gasteiger partial charge in [-0.2, -0.15) is 0 Å². The van der Waals surface area contributed by atoms with Crippen LogP contribution in [0.5, 0.6) is 0 Å². The summed E-state index contributed by atoms with van der Waals surface area (Å²) in [6, 6.07) is 0. The molecule has 0 heterocycles. The predicted molar refractivity (Wildman–Crippen MR) is 3.43 cm³/mol. The van der Waals surface area contributed by atoms with Crippen molar-refractivity contribution < 1.29 is 83.8 Å². The predicted octanol–water partition coefficient (Wildman–Crippen LogP) is -0.601. The monoisotopic (exact) mass is 232 g/mol. The summed E-state index contributed by atoms with van der Waals surface area (Å²) in [6.45, 7) is 0. The summed E-state index contributed by atoms with van der Waals surface area (Å²) < 4.78 is 0. The van der Waals surface area contributed by atoms with Crippen LogP contribution in [0, 0.1) is 0 Å². The first-order valence-corrected chi connectivity index (χ1v) is 0. The Hall–Kier alpha value is 1.58. The van der Waals surface area contributed by atoms with E-state index in [-0.39, 0.29) is 83.8 Å². The molecule has 0 unspecified atom stereocenters. The summed E-state index contributed by atoms with van der Waals surface area (Å²) in [6.07, 6.45) is 0.